The van der Waals surface area contributed by atoms with Gasteiger partial charge in [0.15, 0.2) is 6.10 Å². The Morgan fingerprint density at radius 3 is 0.910 bits per heavy atom. The number of carbonyl (C=O) groups excluding carboxylic acids is 3. The van der Waals surface area contributed by atoms with Crippen LogP contribution >= 0.6 is 0 Å². The molecule has 0 spiro atoms. The van der Waals surface area contributed by atoms with Crippen LogP contribution in [0.5, 0.6) is 0 Å². The molecule has 6 heteroatoms. The molecule has 384 valence electrons. The summed E-state index contributed by atoms with van der Waals surface area (Å²) in [6.45, 7) is 6.49. The molecule has 0 aliphatic carbocycles. The first-order chi connectivity index (χ1) is 33.0. The van der Waals surface area contributed by atoms with Crippen molar-refractivity contribution in [2.24, 2.45) is 0 Å². The van der Waals surface area contributed by atoms with Crippen LogP contribution < -0.4 is 0 Å². The Hall–Kier alpha value is -3.41. The molecule has 0 aliphatic heterocycles. The van der Waals surface area contributed by atoms with E-state index in [2.05, 4.69) is 106 Å². The van der Waals surface area contributed by atoms with Gasteiger partial charge in [0, 0.05) is 19.3 Å². The number of allylic oxidation sites excluding steroid dienone is 14. The minimum atomic E-state index is -0.786. The first-order valence-corrected chi connectivity index (χ1v) is 28.1. The van der Waals surface area contributed by atoms with E-state index in [0.29, 0.717) is 19.3 Å². The summed E-state index contributed by atoms with van der Waals surface area (Å²) in [5.74, 6) is -0.914. The number of hydrogen-bond acceptors (Lipinski definition) is 6. The predicted octanol–water partition coefficient (Wildman–Crippen LogP) is 18.8. The van der Waals surface area contributed by atoms with Gasteiger partial charge in [-0.2, -0.15) is 0 Å². The van der Waals surface area contributed by atoms with Crippen molar-refractivity contribution in [3.8, 4) is 0 Å². The lowest BCUT2D eigenvalue weighted by molar-refractivity contribution is -0.167. The fourth-order valence-electron chi connectivity index (χ4n) is 7.72. The van der Waals surface area contributed by atoms with Crippen molar-refractivity contribution in [1.29, 1.82) is 0 Å². The van der Waals surface area contributed by atoms with Gasteiger partial charge in [-0.25, -0.2) is 0 Å². The summed E-state index contributed by atoms with van der Waals surface area (Å²) in [5.41, 5.74) is 0. The Bertz CT molecular complexity index is 1300. The third-order valence-corrected chi connectivity index (χ3v) is 11.9. The molecule has 0 saturated carbocycles. The van der Waals surface area contributed by atoms with Crippen molar-refractivity contribution in [3.63, 3.8) is 0 Å². The van der Waals surface area contributed by atoms with Gasteiger partial charge in [0.1, 0.15) is 13.2 Å². The lowest BCUT2D eigenvalue weighted by Crippen LogP contribution is -2.30. The van der Waals surface area contributed by atoms with E-state index in [0.717, 1.165) is 109 Å². The maximum absolute atomic E-state index is 12.8. The van der Waals surface area contributed by atoms with Gasteiger partial charge in [0.25, 0.3) is 0 Å². The Balaban J connectivity index is 4.35. The van der Waals surface area contributed by atoms with Crippen molar-refractivity contribution >= 4 is 17.9 Å². The molecule has 0 saturated heterocycles. The van der Waals surface area contributed by atoms with Crippen molar-refractivity contribution in [2.75, 3.05) is 13.2 Å². The van der Waals surface area contributed by atoms with E-state index in [-0.39, 0.29) is 31.1 Å². The second kappa shape index (κ2) is 55.2. The maximum Gasteiger partial charge on any atom is 0.306 e. The molecule has 0 rings (SSSR count). The summed E-state index contributed by atoms with van der Waals surface area (Å²) in [4.78, 5) is 38.0. The number of hydrogen-bond donors (Lipinski definition) is 0. The molecule has 0 N–H and O–H groups in total. The third-order valence-electron chi connectivity index (χ3n) is 11.9. The number of rotatable bonds is 50. The SMILES string of the molecule is CC/C=C\C/C=C\C/C=C\C/C=C\C/C=C\C/C=C\C/C=C\CCCCCC(=O)OCC(COC(=O)CCCCCCCCCCCC)OC(=O)CCCCCCCCCCCCCCCC. The lowest BCUT2D eigenvalue weighted by Gasteiger charge is -2.18. The summed E-state index contributed by atoms with van der Waals surface area (Å²) in [6.07, 6.45) is 71.5. The molecular weight excluding hydrogens is 829 g/mol. The van der Waals surface area contributed by atoms with Crippen molar-refractivity contribution in [3.05, 3.63) is 85.1 Å². The number of esters is 3. The number of carbonyl (C=O) groups is 3. The summed E-state index contributed by atoms with van der Waals surface area (Å²) < 4.78 is 16.8. The van der Waals surface area contributed by atoms with Crippen LogP contribution in [0, 0.1) is 0 Å². The molecule has 0 heterocycles. The molecule has 6 nitrogen and oxygen atoms in total. The average molecular weight is 933 g/mol. The van der Waals surface area contributed by atoms with E-state index >= 15 is 0 Å². The number of unbranched alkanes of at least 4 members (excludes halogenated alkanes) is 25. The molecular formula is C61H104O6. The van der Waals surface area contributed by atoms with Crippen LogP contribution in [0.25, 0.3) is 0 Å². The first kappa shape index (κ1) is 63.6. The molecule has 67 heavy (non-hydrogen) atoms. The van der Waals surface area contributed by atoms with Crippen LogP contribution in [0.2, 0.25) is 0 Å². The summed E-state index contributed by atoms with van der Waals surface area (Å²) >= 11 is 0. The highest BCUT2D eigenvalue weighted by atomic mass is 16.6. The largest absolute Gasteiger partial charge is 0.462 e. The predicted molar refractivity (Wildman–Crippen MR) is 288 cm³/mol. The van der Waals surface area contributed by atoms with Gasteiger partial charge in [-0.3, -0.25) is 14.4 Å². The minimum absolute atomic E-state index is 0.0841. The van der Waals surface area contributed by atoms with Crippen LogP contribution in [0.1, 0.15) is 265 Å². The van der Waals surface area contributed by atoms with Crippen molar-refractivity contribution in [2.45, 2.75) is 271 Å². The highest BCUT2D eigenvalue weighted by molar-refractivity contribution is 5.71. The molecule has 0 bridgehead atoms. The molecule has 0 aliphatic rings. The van der Waals surface area contributed by atoms with Gasteiger partial charge in [0.05, 0.1) is 0 Å². The Morgan fingerprint density at radius 1 is 0.313 bits per heavy atom. The van der Waals surface area contributed by atoms with Crippen LogP contribution in [-0.4, -0.2) is 37.2 Å². The Kier molecular flexibility index (Phi) is 52.4. The summed E-state index contributed by atoms with van der Waals surface area (Å²) in [6, 6.07) is 0. The first-order valence-electron chi connectivity index (χ1n) is 28.1. The molecule has 0 aromatic carbocycles. The Morgan fingerprint density at radius 2 is 0.582 bits per heavy atom. The minimum Gasteiger partial charge on any atom is -0.462 e. The molecule has 0 radical (unpaired) electrons. The van der Waals surface area contributed by atoms with E-state index in [9.17, 15) is 14.4 Å². The smallest absolute Gasteiger partial charge is 0.306 e. The molecule has 0 amide bonds. The normalized spacial score (nSPS) is 12.7. The number of ether oxygens (including phenoxy) is 3. The molecule has 1 atom stereocenters. The zero-order valence-electron chi connectivity index (χ0n) is 43.9. The topological polar surface area (TPSA) is 78.9 Å². The molecule has 0 aromatic heterocycles. The van der Waals surface area contributed by atoms with Crippen molar-refractivity contribution in [1.82, 2.24) is 0 Å². The van der Waals surface area contributed by atoms with Gasteiger partial charge >= 0.3 is 17.9 Å². The van der Waals surface area contributed by atoms with Crippen LogP contribution in [0.15, 0.2) is 85.1 Å². The molecule has 0 fully saturated rings. The fraction of sp³-hybridized carbons (Fsp3) is 0.721. The second-order valence-electron chi connectivity index (χ2n) is 18.5. The maximum atomic E-state index is 12.8. The van der Waals surface area contributed by atoms with Crippen LogP contribution in [-0.2, 0) is 28.6 Å². The van der Waals surface area contributed by atoms with Crippen LogP contribution in [0.4, 0.5) is 0 Å². The second-order valence-corrected chi connectivity index (χ2v) is 18.5. The molecule has 1 unspecified atom stereocenters. The van der Waals surface area contributed by atoms with Crippen LogP contribution in [0.3, 0.4) is 0 Å². The van der Waals surface area contributed by atoms with Gasteiger partial charge < -0.3 is 14.2 Å². The van der Waals surface area contributed by atoms with Gasteiger partial charge in [-0.15, -0.1) is 0 Å². The summed E-state index contributed by atoms with van der Waals surface area (Å²) in [7, 11) is 0. The third kappa shape index (κ3) is 53.4. The van der Waals surface area contributed by atoms with E-state index in [1.54, 1.807) is 0 Å². The Labute approximate surface area is 414 Å². The monoisotopic (exact) mass is 933 g/mol. The highest BCUT2D eigenvalue weighted by Gasteiger charge is 2.19. The zero-order valence-corrected chi connectivity index (χ0v) is 43.9. The fourth-order valence-corrected chi connectivity index (χ4v) is 7.72. The van der Waals surface area contributed by atoms with E-state index < -0.39 is 6.10 Å². The lowest BCUT2D eigenvalue weighted by atomic mass is 10.0. The van der Waals surface area contributed by atoms with Gasteiger partial charge in [-0.05, 0) is 77.0 Å². The van der Waals surface area contributed by atoms with Gasteiger partial charge in [0.2, 0.25) is 0 Å². The molecule has 0 aromatic rings. The van der Waals surface area contributed by atoms with E-state index in [1.165, 1.54) is 116 Å². The van der Waals surface area contributed by atoms with E-state index in [1.807, 2.05) is 0 Å². The zero-order chi connectivity index (χ0) is 48.6. The van der Waals surface area contributed by atoms with Crippen molar-refractivity contribution < 1.29 is 28.6 Å². The van der Waals surface area contributed by atoms with E-state index in [4.69, 9.17) is 14.2 Å². The highest BCUT2D eigenvalue weighted by Crippen LogP contribution is 2.15. The summed E-state index contributed by atoms with van der Waals surface area (Å²) in [5, 5.41) is 0. The standard InChI is InChI=1S/C61H104O6/c1-4-7-10-13-16-19-22-24-26-27-28-29-30-31-32-33-34-35-36-38-39-42-45-48-51-54-60(63)66-57-58(56-65-59(62)53-50-47-44-41-21-18-15-12-9-6-3)67-61(64)55-52-49-46-43-40-37-25-23-20-17-14-11-8-5-2/h7,10,16,19,24,26,28-29,31-32,34-35,38-39,58H,4-6,8-9,11-15,17-18,20-23,25,27,30,33,36-37,40-57H2,1-3H3/b10-7-,19-16-,26-24-,29-28-,32-31-,35-34-,39-38-. The quantitative estimate of drug-likeness (QED) is 0.0262. The van der Waals surface area contributed by atoms with Gasteiger partial charge in [-0.1, -0.05) is 254 Å². The average Bonchev–Trinajstić information content (AvgIpc) is 3.33.